The average Bonchev–Trinajstić information content (AvgIpc) is 2.75. The molecule has 20 heavy (non-hydrogen) atoms. The van der Waals surface area contributed by atoms with Crippen LogP contribution < -0.4 is 20.1 Å². The Morgan fingerprint density at radius 1 is 1.25 bits per heavy atom. The molecule has 1 aliphatic rings. The largest absolute Gasteiger partial charge is 0.493 e. The standard InChI is InChI=1S/C15H23N3O2/c1-19-13-7-5-6-12(14(13)20-2)8-11-18-15-16-9-3-4-10-17-15/h5-7H,3-4,8-11H2,1-2H3,(H2,16,17,18). The average molecular weight is 277 g/mol. The number of hydrogen-bond acceptors (Lipinski definition) is 5. The molecule has 0 saturated heterocycles. The quantitative estimate of drug-likeness (QED) is 0.858. The van der Waals surface area contributed by atoms with Crippen molar-refractivity contribution in [1.29, 1.82) is 0 Å². The number of guanidine groups is 1. The number of nitrogens with zero attached hydrogens (tertiary/aromatic N) is 1. The van der Waals surface area contributed by atoms with Gasteiger partial charge < -0.3 is 20.1 Å². The summed E-state index contributed by atoms with van der Waals surface area (Å²) < 4.78 is 10.7. The van der Waals surface area contributed by atoms with E-state index in [0.717, 1.165) is 55.5 Å². The summed E-state index contributed by atoms with van der Waals surface area (Å²) in [6, 6.07) is 5.95. The van der Waals surface area contributed by atoms with Gasteiger partial charge in [0, 0.05) is 19.6 Å². The Morgan fingerprint density at radius 2 is 2.15 bits per heavy atom. The number of ether oxygens (including phenoxy) is 2. The molecule has 1 aromatic carbocycles. The smallest absolute Gasteiger partial charge is 0.191 e. The second kappa shape index (κ2) is 7.62. The van der Waals surface area contributed by atoms with Crippen LogP contribution in [0.2, 0.25) is 0 Å². The minimum Gasteiger partial charge on any atom is -0.493 e. The monoisotopic (exact) mass is 277 g/mol. The lowest BCUT2D eigenvalue weighted by Crippen LogP contribution is -2.38. The Bertz CT molecular complexity index is 460. The van der Waals surface area contributed by atoms with E-state index in [1.165, 1.54) is 6.42 Å². The highest BCUT2D eigenvalue weighted by Crippen LogP contribution is 2.30. The molecule has 0 atom stereocenters. The van der Waals surface area contributed by atoms with E-state index in [2.05, 4.69) is 21.7 Å². The second-order valence-corrected chi connectivity index (χ2v) is 4.69. The van der Waals surface area contributed by atoms with Crippen molar-refractivity contribution in [3.63, 3.8) is 0 Å². The number of hydrogen-bond donors (Lipinski definition) is 2. The van der Waals surface area contributed by atoms with E-state index < -0.39 is 0 Å². The molecule has 0 fully saturated rings. The van der Waals surface area contributed by atoms with Crippen LogP contribution in [0, 0.1) is 0 Å². The van der Waals surface area contributed by atoms with Crippen molar-refractivity contribution >= 4 is 5.96 Å². The lowest BCUT2D eigenvalue weighted by molar-refractivity contribution is 0.351. The van der Waals surface area contributed by atoms with Crippen LogP contribution in [-0.2, 0) is 6.42 Å². The normalized spacial score (nSPS) is 14.8. The van der Waals surface area contributed by atoms with Gasteiger partial charge in [0.15, 0.2) is 17.5 Å². The molecule has 0 bridgehead atoms. The third kappa shape index (κ3) is 3.79. The molecule has 1 aromatic rings. The third-order valence-electron chi connectivity index (χ3n) is 3.32. The van der Waals surface area contributed by atoms with Gasteiger partial charge in [0.25, 0.3) is 0 Å². The molecular formula is C15H23N3O2. The molecule has 0 radical (unpaired) electrons. The molecule has 2 rings (SSSR count). The van der Waals surface area contributed by atoms with Crippen LogP contribution in [-0.4, -0.2) is 39.8 Å². The van der Waals surface area contributed by atoms with E-state index >= 15 is 0 Å². The first-order valence-electron chi connectivity index (χ1n) is 7.07. The fourth-order valence-electron chi connectivity index (χ4n) is 2.27. The van der Waals surface area contributed by atoms with E-state index in [1.54, 1.807) is 14.2 Å². The second-order valence-electron chi connectivity index (χ2n) is 4.69. The van der Waals surface area contributed by atoms with E-state index in [-0.39, 0.29) is 0 Å². The Kier molecular flexibility index (Phi) is 5.53. The molecule has 1 heterocycles. The van der Waals surface area contributed by atoms with E-state index in [9.17, 15) is 0 Å². The Labute approximate surface area is 120 Å². The number of aliphatic imine (C=N–C) groups is 1. The van der Waals surface area contributed by atoms with Gasteiger partial charge in [0.05, 0.1) is 14.2 Å². The first-order valence-corrected chi connectivity index (χ1v) is 7.07. The van der Waals surface area contributed by atoms with Crippen molar-refractivity contribution in [1.82, 2.24) is 10.6 Å². The van der Waals surface area contributed by atoms with Gasteiger partial charge >= 0.3 is 0 Å². The third-order valence-corrected chi connectivity index (χ3v) is 3.32. The SMILES string of the molecule is COc1cccc(CCNC2=NCCCCN2)c1OC. The fourth-order valence-corrected chi connectivity index (χ4v) is 2.27. The van der Waals surface area contributed by atoms with Crippen LogP contribution in [0.5, 0.6) is 11.5 Å². The Balaban J connectivity index is 1.92. The molecule has 1 aliphatic heterocycles. The Hall–Kier alpha value is -1.91. The van der Waals surface area contributed by atoms with Crippen molar-refractivity contribution in [3.8, 4) is 11.5 Å². The van der Waals surface area contributed by atoms with Gasteiger partial charge in [-0.25, -0.2) is 0 Å². The summed E-state index contributed by atoms with van der Waals surface area (Å²) in [4.78, 5) is 4.47. The zero-order valence-electron chi connectivity index (χ0n) is 12.2. The van der Waals surface area contributed by atoms with Crippen LogP contribution in [0.3, 0.4) is 0 Å². The minimum absolute atomic E-state index is 0.773. The predicted molar refractivity (Wildman–Crippen MR) is 80.8 cm³/mol. The molecular weight excluding hydrogens is 254 g/mol. The topological polar surface area (TPSA) is 54.9 Å². The van der Waals surface area contributed by atoms with Crippen LogP contribution in [0.15, 0.2) is 23.2 Å². The lowest BCUT2D eigenvalue weighted by Gasteiger charge is -2.14. The predicted octanol–water partition coefficient (Wildman–Crippen LogP) is 1.58. The maximum atomic E-state index is 5.43. The van der Waals surface area contributed by atoms with Gasteiger partial charge in [-0.2, -0.15) is 0 Å². The highest BCUT2D eigenvalue weighted by atomic mass is 16.5. The molecule has 0 saturated carbocycles. The molecule has 0 amide bonds. The van der Waals surface area contributed by atoms with Gasteiger partial charge in [0.1, 0.15) is 0 Å². The molecule has 5 heteroatoms. The zero-order chi connectivity index (χ0) is 14.2. The fraction of sp³-hybridized carbons (Fsp3) is 0.533. The Morgan fingerprint density at radius 3 is 2.95 bits per heavy atom. The summed E-state index contributed by atoms with van der Waals surface area (Å²) in [5.74, 6) is 2.49. The molecule has 110 valence electrons. The van der Waals surface area contributed by atoms with Crippen molar-refractivity contribution < 1.29 is 9.47 Å². The van der Waals surface area contributed by atoms with Crippen LogP contribution >= 0.6 is 0 Å². The molecule has 5 nitrogen and oxygen atoms in total. The number of para-hydroxylation sites is 1. The van der Waals surface area contributed by atoms with E-state index in [4.69, 9.17) is 9.47 Å². The molecule has 0 unspecified atom stereocenters. The van der Waals surface area contributed by atoms with Gasteiger partial charge in [-0.3, -0.25) is 4.99 Å². The van der Waals surface area contributed by atoms with Gasteiger partial charge in [-0.05, 0) is 30.9 Å². The number of rotatable bonds is 5. The van der Waals surface area contributed by atoms with Crippen LogP contribution in [0.25, 0.3) is 0 Å². The van der Waals surface area contributed by atoms with Crippen molar-refractivity contribution in [2.75, 3.05) is 33.9 Å². The molecule has 0 spiro atoms. The van der Waals surface area contributed by atoms with Crippen molar-refractivity contribution in [2.45, 2.75) is 19.3 Å². The van der Waals surface area contributed by atoms with Crippen molar-refractivity contribution in [2.24, 2.45) is 4.99 Å². The zero-order valence-corrected chi connectivity index (χ0v) is 12.2. The number of benzene rings is 1. The summed E-state index contributed by atoms with van der Waals surface area (Å²) in [6.07, 6.45) is 3.20. The van der Waals surface area contributed by atoms with Gasteiger partial charge in [0.2, 0.25) is 0 Å². The van der Waals surface area contributed by atoms with Gasteiger partial charge in [-0.1, -0.05) is 12.1 Å². The first kappa shape index (κ1) is 14.5. The highest BCUT2D eigenvalue weighted by molar-refractivity contribution is 5.79. The van der Waals surface area contributed by atoms with E-state index in [1.807, 2.05) is 12.1 Å². The summed E-state index contributed by atoms with van der Waals surface area (Å²) in [7, 11) is 3.33. The lowest BCUT2D eigenvalue weighted by atomic mass is 10.1. The van der Waals surface area contributed by atoms with Crippen molar-refractivity contribution in [3.05, 3.63) is 23.8 Å². The molecule has 0 aromatic heterocycles. The molecule has 0 aliphatic carbocycles. The summed E-state index contributed by atoms with van der Waals surface area (Å²) in [5.41, 5.74) is 1.13. The summed E-state index contributed by atoms with van der Waals surface area (Å²) in [5, 5.41) is 6.64. The highest BCUT2D eigenvalue weighted by Gasteiger charge is 2.09. The summed E-state index contributed by atoms with van der Waals surface area (Å²) >= 11 is 0. The minimum atomic E-state index is 0.773. The summed E-state index contributed by atoms with van der Waals surface area (Å²) in [6.45, 7) is 2.71. The van der Waals surface area contributed by atoms with Gasteiger partial charge in [-0.15, -0.1) is 0 Å². The number of methoxy groups -OCH3 is 2. The van der Waals surface area contributed by atoms with E-state index in [0.29, 0.717) is 0 Å². The van der Waals surface area contributed by atoms with Crippen LogP contribution in [0.4, 0.5) is 0 Å². The maximum Gasteiger partial charge on any atom is 0.191 e. The molecule has 2 N–H and O–H groups in total. The maximum absolute atomic E-state index is 5.43. The first-order chi connectivity index (χ1) is 9.85. The van der Waals surface area contributed by atoms with Crippen LogP contribution in [0.1, 0.15) is 18.4 Å². The number of nitrogens with one attached hydrogen (secondary N) is 2.